The van der Waals surface area contributed by atoms with Crippen LogP contribution in [-0.2, 0) is 6.42 Å². The van der Waals surface area contributed by atoms with E-state index < -0.39 is 5.82 Å². The van der Waals surface area contributed by atoms with Crippen LogP contribution < -0.4 is 19.6 Å². The number of allylic oxidation sites excluding steroid dienone is 1. The van der Waals surface area contributed by atoms with Gasteiger partial charge >= 0.3 is 0 Å². The molecule has 3 heterocycles. The third-order valence-corrected chi connectivity index (χ3v) is 9.50. The molecule has 5 nitrogen and oxygen atoms in total. The molecule has 0 unspecified atom stereocenters. The number of aryl methyl sites for hydroxylation is 2. The zero-order valence-electron chi connectivity index (χ0n) is 23.3. The van der Waals surface area contributed by atoms with Crippen LogP contribution in [0.2, 0.25) is 5.02 Å². The smallest absolute Gasteiger partial charge is 0.271 e. The number of aromatic nitrogens is 2. The fraction of sp³-hybridized carbons (Fsp3) is 0.176. The van der Waals surface area contributed by atoms with Crippen LogP contribution in [0.4, 0.5) is 4.39 Å². The molecule has 0 saturated heterocycles. The van der Waals surface area contributed by atoms with E-state index in [0.29, 0.717) is 9.33 Å². The summed E-state index contributed by atoms with van der Waals surface area (Å²) in [7, 11) is 1.66. The number of methoxy groups -OCH3 is 1. The fourth-order valence-electron chi connectivity index (χ4n) is 6.29. The first-order chi connectivity index (χ1) is 20.4. The highest BCUT2D eigenvalue weighted by Gasteiger charge is 2.34. The van der Waals surface area contributed by atoms with Crippen LogP contribution in [0.5, 0.6) is 5.75 Å². The van der Waals surface area contributed by atoms with E-state index in [2.05, 4.69) is 18.2 Å². The van der Waals surface area contributed by atoms with Gasteiger partial charge in [-0.05, 0) is 79.8 Å². The Morgan fingerprint density at radius 2 is 1.83 bits per heavy atom. The Kier molecular flexibility index (Phi) is 6.52. The van der Waals surface area contributed by atoms with Crippen molar-refractivity contribution in [1.29, 1.82) is 0 Å². The normalized spacial score (nSPS) is 16.1. The average molecular weight is 596 g/mol. The van der Waals surface area contributed by atoms with Crippen molar-refractivity contribution >= 4 is 34.7 Å². The number of hydrogen-bond donors (Lipinski definition) is 0. The van der Waals surface area contributed by atoms with Gasteiger partial charge in [-0.2, -0.15) is 0 Å². The SMILES string of the molecule is COc1ccccc1[C@H]1C2=C(N=c3s/c(=C\c4cc(C)n(-c5ccc(F)c(Cl)c5)c4C)c(=O)n31)c1ccccc1CC2. The minimum absolute atomic E-state index is 0.0664. The maximum Gasteiger partial charge on any atom is 0.271 e. The molecule has 0 N–H and O–H groups in total. The topological polar surface area (TPSA) is 48.5 Å². The van der Waals surface area contributed by atoms with E-state index in [4.69, 9.17) is 21.3 Å². The third kappa shape index (κ3) is 4.18. The van der Waals surface area contributed by atoms with Gasteiger partial charge in [-0.3, -0.25) is 9.36 Å². The van der Waals surface area contributed by atoms with Gasteiger partial charge < -0.3 is 9.30 Å². The van der Waals surface area contributed by atoms with Gasteiger partial charge in [0.25, 0.3) is 5.56 Å². The molecule has 2 aliphatic rings. The number of benzene rings is 3. The molecule has 0 saturated carbocycles. The van der Waals surface area contributed by atoms with Crippen molar-refractivity contribution in [2.45, 2.75) is 32.7 Å². The van der Waals surface area contributed by atoms with Crippen molar-refractivity contribution in [3.63, 3.8) is 0 Å². The second-order valence-electron chi connectivity index (χ2n) is 10.6. The molecule has 0 fully saturated rings. The molecule has 42 heavy (non-hydrogen) atoms. The van der Waals surface area contributed by atoms with Crippen LogP contribution in [0.1, 0.15) is 46.1 Å². The van der Waals surface area contributed by atoms with Crippen LogP contribution in [0.25, 0.3) is 17.5 Å². The van der Waals surface area contributed by atoms with E-state index in [1.54, 1.807) is 19.2 Å². The molecule has 1 aliphatic carbocycles. The number of ether oxygens (including phenoxy) is 1. The Balaban J connectivity index is 1.44. The van der Waals surface area contributed by atoms with Crippen LogP contribution in [0.15, 0.2) is 88.2 Å². The van der Waals surface area contributed by atoms with Gasteiger partial charge in [0.2, 0.25) is 0 Å². The highest BCUT2D eigenvalue weighted by molar-refractivity contribution is 7.07. The minimum atomic E-state index is -0.459. The maximum atomic E-state index is 14.2. The van der Waals surface area contributed by atoms with Gasteiger partial charge in [-0.1, -0.05) is 65.4 Å². The summed E-state index contributed by atoms with van der Waals surface area (Å²) in [5.74, 6) is 0.283. The van der Waals surface area contributed by atoms with Gasteiger partial charge in [0.1, 0.15) is 11.6 Å². The molecule has 1 aliphatic heterocycles. The van der Waals surface area contributed by atoms with Gasteiger partial charge in [0, 0.05) is 28.2 Å². The molecule has 0 radical (unpaired) electrons. The number of fused-ring (bicyclic) bond motifs is 3. The van der Waals surface area contributed by atoms with Crippen LogP contribution >= 0.6 is 22.9 Å². The molecule has 1 atom stereocenters. The number of para-hydroxylation sites is 1. The van der Waals surface area contributed by atoms with Gasteiger partial charge in [0.15, 0.2) is 4.80 Å². The van der Waals surface area contributed by atoms with E-state index in [9.17, 15) is 9.18 Å². The quantitative estimate of drug-likeness (QED) is 0.237. The molecule has 5 aromatic rings. The number of halogens is 2. The molecule has 210 valence electrons. The summed E-state index contributed by atoms with van der Waals surface area (Å²) in [4.78, 5) is 20.0. The summed E-state index contributed by atoms with van der Waals surface area (Å²) in [5.41, 5.74) is 8.87. The Morgan fingerprint density at radius 1 is 1.05 bits per heavy atom. The predicted octanol–water partition coefficient (Wildman–Crippen LogP) is 6.53. The number of rotatable bonds is 4. The summed E-state index contributed by atoms with van der Waals surface area (Å²) in [6, 6.07) is 22.7. The lowest BCUT2D eigenvalue weighted by Gasteiger charge is -2.31. The molecule has 0 spiro atoms. The first-order valence-electron chi connectivity index (χ1n) is 13.8. The number of nitrogens with zero attached hydrogens (tertiary/aromatic N) is 3. The second-order valence-corrected chi connectivity index (χ2v) is 12.0. The van der Waals surface area contributed by atoms with Crippen LogP contribution in [0, 0.1) is 19.7 Å². The molecular formula is C34H27ClFN3O2S. The summed E-state index contributed by atoms with van der Waals surface area (Å²) >= 11 is 7.49. The molecule has 3 aromatic carbocycles. The van der Waals surface area contributed by atoms with Crippen LogP contribution in [0.3, 0.4) is 0 Å². The van der Waals surface area contributed by atoms with Crippen LogP contribution in [-0.4, -0.2) is 16.2 Å². The Bertz CT molecular complexity index is 2120. The largest absolute Gasteiger partial charge is 0.496 e. The van der Waals surface area contributed by atoms with Crippen molar-refractivity contribution in [2.24, 2.45) is 4.99 Å². The highest BCUT2D eigenvalue weighted by Crippen LogP contribution is 2.43. The summed E-state index contributed by atoms with van der Waals surface area (Å²) < 4.78 is 24.1. The van der Waals surface area contributed by atoms with Crippen molar-refractivity contribution in [1.82, 2.24) is 9.13 Å². The predicted molar refractivity (Wildman–Crippen MR) is 166 cm³/mol. The molecule has 8 heteroatoms. The molecule has 7 rings (SSSR count). The molecule has 2 aromatic heterocycles. The zero-order valence-corrected chi connectivity index (χ0v) is 24.9. The van der Waals surface area contributed by atoms with Gasteiger partial charge in [0.05, 0.1) is 28.4 Å². The Morgan fingerprint density at radius 3 is 2.64 bits per heavy atom. The summed E-state index contributed by atoms with van der Waals surface area (Å²) in [6.45, 7) is 3.97. The van der Waals surface area contributed by atoms with E-state index in [0.717, 1.165) is 63.6 Å². The summed E-state index contributed by atoms with van der Waals surface area (Å²) in [6.07, 6.45) is 3.63. The monoisotopic (exact) mass is 595 g/mol. The second kappa shape index (κ2) is 10.3. The lowest BCUT2D eigenvalue weighted by Crippen LogP contribution is -2.39. The molecule has 0 bridgehead atoms. The number of hydrogen-bond acceptors (Lipinski definition) is 4. The zero-order chi connectivity index (χ0) is 29.1. The first kappa shape index (κ1) is 26.7. The minimum Gasteiger partial charge on any atom is -0.496 e. The van der Waals surface area contributed by atoms with E-state index in [1.807, 2.05) is 65.5 Å². The Labute approximate surface area is 251 Å². The van der Waals surface area contributed by atoms with Crippen molar-refractivity contribution in [2.75, 3.05) is 7.11 Å². The maximum absolute atomic E-state index is 14.2. The highest BCUT2D eigenvalue weighted by atomic mass is 35.5. The molecular weight excluding hydrogens is 569 g/mol. The molecule has 0 amide bonds. The van der Waals surface area contributed by atoms with Crippen molar-refractivity contribution in [3.05, 3.63) is 143 Å². The third-order valence-electron chi connectivity index (χ3n) is 8.22. The van der Waals surface area contributed by atoms with E-state index >= 15 is 0 Å². The van der Waals surface area contributed by atoms with E-state index in [-0.39, 0.29) is 16.6 Å². The van der Waals surface area contributed by atoms with Gasteiger partial charge in [-0.15, -0.1) is 0 Å². The fourth-order valence-corrected chi connectivity index (χ4v) is 7.45. The van der Waals surface area contributed by atoms with Gasteiger partial charge in [-0.25, -0.2) is 9.38 Å². The van der Waals surface area contributed by atoms with Crippen molar-refractivity contribution in [3.8, 4) is 11.4 Å². The van der Waals surface area contributed by atoms with Crippen molar-refractivity contribution < 1.29 is 9.13 Å². The first-order valence-corrected chi connectivity index (χ1v) is 15.0. The lowest BCUT2D eigenvalue weighted by molar-refractivity contribution is 0.402. The Hall–Kier alpha value is -4.20. The number of thiazole rings is 1. The lowest BCUT2D eigenvalue weighted by atomic mass is 9.83. The average Bonchev–Trinajstić information content (AvgIpc) is 3.46. The summed E-state index contributed by atoms with van der Waals surface area (Å²) in [5, 5.41) is 0.0664. The van der Waals surface area contributed by atoms with E-state index in [1.165, 1.54) is 23.0 Å². The standard InChI is InChI=1S/C34H27ClFN3O2S/c1-19-16-22(20(2)38(19)23-13-15-28(36)27(35)18-23)17-30-33(40)39-32(25-10-6-7-11-29(25)41-3)26-14-12-21-8-4-5-9-24(21)31(26)37-34(39)42-30/h4-11,13,15-18,32H,12,14H2,1-3H3/b30-17-/t32-/m0/s1.